The lowest BCUT2D eigenvalue weighted by molar-refractivity contribution is -0.137. The largest absolute Gasteiger partial charge is 0.416 e. The fourth-order valence-corrected chi connectivity index (χ4v) is 7.77. The molecule has 0 aliphatic rings. The molecule has 0 atom stereocenters. The van der Waals surface area contributed by atoms with Crippen LogP contribution in [-0.2, 0) is 37.7 Å². The van der Waals surface area contributed by atoms with Crippen molar-refractivity contribution in [1.29, 1.82) is 0 Å². The van der Waals surface area contributed by atoms with Crippen molar-refractivity contribution in [1.82, 2.24) is 8.61 Å². The molecule has 0 spiro atoms. The molecule has 0 aliphatic carbocycles. The van der Waals surface area contributed by atoms with E-state index in [1.807, 2.05) is 19.9 Å². The summed E-state index contributed by atoms with van der Waals surface area (Å²) in [5.74, 6) is -1.38. The van der Waals surface area contributed by atoms with E-state index in [-0.39, 0.29) is 24.1 Å². The van der Waals surface area contributed by atoms with Gasteiger partial charge in [0, 0.05) is 6.54 Å². The van der Waals surface area contributed by atoms with Crippen LogP contribution in [0.2, 0.25) is 0 Å². The standard InChI is InChI=1S/C23H31F3N2O4S2/c1-17-9-18(2)11-20(10-17)15-33(29,30)28(8-6-7-27(4)5)34(31,32)16-21-12-19(3)13-22(14-21)23(24,25)26/h9-14H,6-8,15-16H2,1-5H3. The number of hydrogen-bond acceptors (Lipinski definition) is 5. The predicted molar refractivity (Wildman–Crippen MR) is 127 cm³/mol. The zero-order valence-electron chi connectivity index (χ0n) is 20.0. The number of aryl methyl sites for hydroxylation is 3. The maximum atomic E-state index is 13.3. The zero-order chi connectivity index (χ0) is 25.9. The third-order valence-corrected chi connectivity index (χ3v) is 9.38. The van der Waals surface area contributed by atoms with Crippen LogP contribution in [-0.4, -0.2) is 52.6 Å². The topological polar surface area (TPSA) is 74.8 Å². The molecule has 0 heterocycles. The van der Waals surface area contributed by atoms with E-state index in [0.717, 1.165) is 23.3 Å². The van der Waals surface area contributed by atoms with Crippen molar-refractivity contribution in [3.63, 3.8) is 0 Å². The summed E-state index contributed by atoms with van der Waals surface area (Å²) < 4.78 is 93.2. The Morgan fingerprint density at radius 3 is 1.59 bits per heavy atom. The van der Waals surface area contributed by atoms with Gasteiger partial charge in [-0.2, -0.15) is 13.2 Å². The van der Waals surface area contributed by atoms with E-state index < -0.39 is 43.3 Å². The summed E-state index contributed by atoms with van der Waals surface area (Å²) in [5, 5.41) is 0. The van der Waals surface area contributed by atoms with Gasteiger partial charge < -0.3 is 4.90 Å². The van der Waals surface area contributed by atoms with Crippen molar-refractivity contribution < 1.29 is 30.0 Å². The third-order valence-electron chi connectivity index (χ3n) is 5.01. The molecule has 0 saturated carbocycles. The molecule has 2 aromatic carbocycles. The van der Waals surface area contributed by atoms with Gasteiger partial charge in [-0.25, -0.2) is 16.8 Å². The number of sulfonamides is 2. The summed E-state index contributed by atoms with van der Waals surface area (Å²) in [7, 11) is -5.28. The van der Waals surface area contributed by atoms with Crippen molar-refractivity contribution >= 4 is 20.0 Å². The second-order valence-corrected chi connectivity index (χ2v) is 12.9. The molecule has 2 rings (SSSR count). The zero-order valence-corrected chi connectivity index (χ0v) is 21.6. The molecule has 0 unspecified atom stereocenters. The number of halogens is 3. The van der Waals surface area contributed by atoms with Crippen molar-refractivity contribution in [3.8, 4) is 0 Å². The second kappa shape index (κ2) is 10.8. The van der Waals surface area contributed by atoms with Gasteiger partial charge in [-0.05, 0) is 71.1 Å². The van der Waals surface area contributed by atoms with Crippen molar-refractivity contribution in [2.24, 2.45) is 0 Å². The Balaban J connectivity index is 2.44. The van der Waals surface area contributed by atoms with Crippen LogP contribution in [0.5, 0.6) is 0 Å². The first kappa shape index (κ1) is 28.3. The van der Waals surface area contributed by atoms with Gasteiger partial charge in [0.25, 0.3) is 0 Å². The molecule has 0 radical (unpaired) electrons. The van der Waals surface area contributed by atoms with Gasteiger partial charge in [0.05, 0.1) is 17.1 Å². The Bertz CT molecular complexity index is 1210. The molecule has 11 heteroatoms. The summed E-state index contributed by atoms with van der Waals surface area (Å²) in [6.45, 7) is 5.19. The monoisotopic (exact) mass is 520 g/mol. The molecular formula is C23H31F3N2O4S2. The molecule has 2 aromatic rings. The van der Waals surface area contributed by atoms with Gasteiger partial charge >= 0.3 is 6.18 Å². The summed E-state index contributed by atoms with van der Waals surface area (Å²) >= 11 is 0. The molecule has 0 saturated heterocycles. The van der Waals surface area contributed by atoms with Crippen LogP contribution in [0.1, 0.15) is 39.8 Å². The van der Waals surface area contributed by atoms with Crippen molar-refractivity contribution in [2.75, 3.05) is 27.2 Å². The Hall–Kier alpha value is -1.95. The summed E-state index contributed by atoms with van der Waals surface area (Å²) in [6, 6.07) is 8.20. The second-order valence-electron chi connectivity index (χ2n) is 8.87. The van der Waals surface area contributed by atoms with Crippen LogP contribution in [0.25, 0.3) is 0 Å². The molecule has 0 N–H and O–H groups in total. The first-order valence-corrected chi connectivity index (χ1v) is 13.8. The van der Waals surface area contributed by atoms with E-state index >= 15 is 0 Å². The molecule has 0 amide bonds. The molecule has 0 aliphatic heterocycles. The van der Waals surface area contributed by atoms with E-state index in [0.29, 0.717) is 15.8 Å². The number of alkyl halides is 3. The molecular weight excluding hydrogens is 489 g/mol. The maximum Gasteiger partial charge on any atom is 0.416 e. The highest BCUT2D eigenvalue weighted by Gasteiger charge is 2.35. The lowest BCUT2D eigenvalue weighted by Gasteiger charge is -2.23. The number of hydrogen-bond donors (Lipinski definition) is 0. The first-order chi connectivity index (χ1) is 15.5. The van der Waals surface area contributed by atoms with Gasteiger partial charge in [-0.3, -0.25) is 0 Å². The molecule has 0 fully saturated rings. The van der Waals surface area contributed by atoms with E-state index in [1.54, 1.807) is 31.1 Å². The summed E-state index contributed by atoms with van der Waals surface area (Å²) in [6.07, 6.45) is -4.41. The average molecular weight is 521 g/mol. The quantitative estimate of drug-likeness (QED) is 0.468. The van der Waals surface area contributed by atoms with Gasteiger partial charge in [0.1, 0.15) is 0 Å². The summed E-state index contributed by atoms with van der Waals surface area (Å²) in [4.78, 5) is 1.79. The molecule has 190 valence electrons. The Kier molecular flexibility index (Phi) is 8.95. The average Bonchev–Trinajstić information content (AvgIpc) is 2.61. The number of rotatable bonds is 10. The van der Waals surface area contributed by atoms with E-state index in [4.69, 9.17) is 0 Å². The highest BCUT2D eigenvalue weighted by atomic mass is 32.3. The Morgan fingerprint density at radius 1 is 0.706 bits per heavy atom. The minimum absolute atomic E-state index is 0.119. The fourth-order valence-electron chi connectivity index (χ4n) is 3.79. The lowest BCUT2D eigenvalue weighted by Crippen LogP contribution is -2.40. The van der Waals surface area contributed by atoms with Crippen LogP contribution in [0.15, 0.2) is 36.4 Å². The smallest absolute Gasteiger partial charge is 0.309 e. The van der Waals surface area contributed by atoms with Crippen LogP contribution in [0, 0.1) is 20.8 Å². The molecule has 0 aromatic heterocycles. The molecule has 0 bridgehead atoms. The minimum Gasteiger partial charge on any atom is -0.309 e. The Labute approximate surface area is 200 Å². The Morgan fingerprint density at radius 2 is 1.15 bits per heavy atom. The summed E-state index contributed by atoms with van der Waals surface area (Å²) in [5.41, 5.74) is 1.26. The van der Waals surface area contributed by atoms with E-state index in [9.17, 15) is 30.0 Å². The van der Waals surface area contributed by atoms with Crippen LogP contribution < -0.4 is 0 Å². The van der Waals surface area contributed by atoms with Gasteiger partial charge in [-0.1, -0.05) is 44.7 Å². The first-order valence-electron chi connectivity index (χ1n) is 10.6. The molecule has 34 heavy (non-hydrogen) atoms. The van der Waals surface area contributed by atoms with Gasteiger partial charge in [0.2, 0.25) is 20.0 Å². The van der Waals surface area contributed by atoms with Crippen molar-refractivity contribution in [2.45, 2.75) is 44.9 Å². The lowest BCUT2D eigenvalue weighted by atomic mass is 10.1. The predicted octanol–water partition coefficient (Wildman–Crippen LogP) is 4.24. The normalized spacial score (nSPS) is 13.1. The third kappa shape index (κ3) is 8.07. The number of benzene rings is 2. The fraction of sp³-hybridized carbons (Fsp3) is 0.478. The van der Waals surface area contributed by atoms with Crippen LogP contribution in [0.3, 0.4) is 0 Å². The van der Waals surface area contributed by atoms with Crippen LogP contribution in [0.4, 0.5) is 13.2 Å². The maximum absolute atomic E-state index is 13.3. The molecule has 6 nitrogen and oxygen atoms in total. The highest BCUT2D eigenvalue weighted by molar-refractivity contribution is 8.03. The van der Waals surface area contributed by atoms with E-state index in [2.05, 4.69) is 0 Å². The SMILES string of the molecule is Cc1cc(C)cc(CS(=O)(=O)N(CCCN(C)C)S(=O)(=O)Cc2cc(C)cc(C(F)(F)F)c2)c1. The van der Waals surface area contributed by atoms with Gasteiger partial charge in [0.15, 0.2) is 0 Å². The minimum atomic E-state index is -4.65. The number of nitrogens with zero attached hydrogens (tertiary/aromatic N) is 2. The van der Waals surface area contributed by atoms with E-state index in [1.165, 1.54) is 13.0 Å². The van der Waals surface area contributed by atoms with Crippen LogP contribution >= 0.6 is 0 Å². The van der Waals surface area contributed by atoms with Gasteiger partial charge in [-0.15, -0.1) is 0 Å². The van der Waals surface area contributed by atoms with Crippen molar-refractivity contribution in [3.05, 3.63) is 69.8 Å². The highest BCUT2D eigenvalue weighted by Crippen LogP contribution is 2.31.